The van der Waals surface area contributed by atoms with Crippen molar-refractivity contribution in [3.8, 4) is 0 Å². The summed E-state index contributed by atoms with van der Waals surface area (Å²) in [5, 5.41) is 7.71. The summed E-state index contributed by atoms with van der Waals surface area (Å²) in [7, 11) is 0. The normalized spacial score (nSPS) is 10.6. The van der Waals surface area contributed by atoms with E-state index in [0.717, 1.165) is 10.6 Å². The lowest BCUT2D eigenvalue weighted by molar-refractivity contribution is -0.123. The first-order valence-corrected chi connectivity index (χ1v) is 9.74. The number of rotatable bonds is 8. The standard InChI is InChI=1S/C18H22N2O2S2/c1-13(2)17(21)19-9-10-20-18(22)15-7-3-4-8-16(15)24-12-14-6-5-11-23-14/h3-8,11,13H,9-10,12H2,1-2H3,(H,19,21)(H,20,22). The lowest BCUT2D eigenvalue weighted by atomic mass is 10.2. The second-order valence-electron chi connectivity index (χ2n) is 5.57. The highest BCUT2D eigenvalue weighted by atomic mass is 32.2. The van der Waals surface area contributed by atoms with Crippen molar-refractivity contribution in [2.75, 3.05) is 13.1 Å². The largest absolute Gasteiger partial charge is 0.354 e. The Morgan fingerprint density at radius 1 is 1.08 bits per heavy atom. The number of thioether (sulfide) groups is 1. The molecule has 0 bridgehead atoms. The van der Waals surface area contributed by atoms with E-state index in [4.69, 9.17) is 0 Å². The summed E-state index contributed by atoms with van der Waals surface area (Å²) < 4.78 is 0. The Morgan fingerprint density at radius 3 is 2.54 bits per heavy atom. The van der Waals surface area contributed by atoms with E-state index in [1.54, 1.807) is 23.1 Å². The zero-order valence-corrected chi connectivity index (χ0v) is 15.5. The molecule has 24 heavy (non-hydrogen) atoms. The molecule has 0 spiro atoms. The van der Waals surface area contributed by atoms with Crippen molar-refractivity contribution >= 4 is 34.9 Å². The van der Waals surface area contributed by atoms with Crippen LogP contribution in [0.1, 0.15) is 29.1 Å². The monoisotopic (exact) mass is 362 g/mol. The number of nitrogens with one attached hydrogen (secondary N) is 2. The Kier molecular flexibility index (Phi) is 7.34. The Hall–Kier alpha value is -1.79. The topological polar surface area (TPSA) is 58.2 Å². The van der Waals surface area contributed by atoms with Crippen LogP contribution in [-0.4, -0.2) is 24.9 Å². The third-order valence-electron chi connectivity index (χ3n) is 3.32. The SMILES string of the molecule is CC(C)C(=O)NCCNC(=O)c1ccccc1SCc1cccs1. The summed E-state index contributed by atoms with van der Waals surface area (Å²) in [6, 6.07) is 11.7. The minimum Gasteiger partial charge on any atom is -0.354 e. The first kappa shape index (κ1) is 18.5. The molecule has 0 aliphatic heterocycles. The molecule has 4 nitrogen and oxygen atoms in total. The molecule has 0 fully saturated rings. The smallest absolute Gasteiger partial charge is 0.252 e. The van der Waals surface area contributed by atoms with Crippen molar-refractivity contribution in [2.45, 2.75) is 24.5 Å². The third-order valence-corrected chi connectivity index (χ3v) is 5.50. The Morgan fingerprint density at radius 2 is 1.83 bits per heavy atom. The van der Waals surface area contributed by atoms with Gasteiger partial charge >= 0.3 is 0 Å². The molecule has 0 unspecified atom stereocenters. The van der Waals surface area contributed by atoms with Crippen molar-refractivity contribution in [3.63, 3.8) is 0 Å². The van der Waals surface area contributed by atoms with E-state index < -0.39 is 0 Å². The maximum Gasteiger partial charge on any atom is 0.252 e. The van der Waals surface area contributed by atoms with Crippen molar-refractivity contribution < 1.29 is 9.59 Å². The molecule has 2 aromatic rings. The van der Waals surface area contributed by atoms with Gasteiger partial charge in [-0.15, -0.1) is 23.1 Å². The molecule has 2 amide bonds. The Balaban J connectivity index is 1.86. The van der Waals surface area contributed by atoms with E-state index in [1.807, 2.05) is 44.2 Å². The molecule has 0 saturated carbocycles. The number of thiophene rings is 1. The van der Waals surface area contributed by atoms with Crippen molar-refractivity contribution in [1.29, 1.82) is 0 Å². The van der Waals surface area contributed by atoms with E-state index >= 15 is 0 Å². The summed E-state index contributed by atoms with van der Waals surface area (Å²) in [6.45, 7) is 4.54. The molecule has 0 radical (unpaired) electrons. The quantitative estimate of drug-likeness (QED) is 0.558. The fraction of sp³-hybridized carbons (Fsp3) is 0.333. The molecule has 6 heteroatoms. The Labute approximate surface area is 151 Å². The number of amides is 2. The van der Waals surface area contributed by atoms with E-state index in [9.17, 15) is 9.59 Å². The van der Waals surface area contributed by atoms with Crippen molar-refractivity contribution in [1.82, 2.24) is 10.6 Å². The molecule has 1 aromatic heterocycles. The summed E-state index contributed by atoms with van der Waals surface area (Å²) in [5.41, 5.74) is 0.675. The molecular formula is C18H22N2O2S2. The number of carbonyl (C=O) groups excluding carboxylic acids is 2. The first-order chi connectivity index (χ1) is 11.6. The van der Waals surface area contributed by atoms with Crippen LogP contribution < -0.4 is 10.6 Å². The van der Waals surface area contributed by atoms with Gasteiger partial charge in [0.05, 0.1) is 5.56 Å². The Bertz CT molecular complexity index is 669. The lowest BCUT2D eigenvalue weighted by Gasteiger charge is -2.11. The molecule has 2 rings (SSSR count). The molecule has 0 aliphatic carbocycles. The summed E-state index contributed by atoms with van der Waals surface area (Å²) >= 11 is 3.38. The van der Waals surface area contributed by atoms with Crippen LogP contribution in [0, 0.1) is 5.92 Å². The molecule has 1 aromatic carbocycles. The average molecular weight is 363 g/mol. The third kappa shape index (κ3) is 5.69. The maximum atomic E-state index is 12.4. The van der Waals surface area contributed by atoms with Crippen molar-refractivity contribution in [2.24, 2.45) is 5.92 Å². The highest BCUT2D eigenvalue weighted by Gasteiger charge is 2.11. The van der Waals surface area contributed by atoms with Crippen LogP contribution in [0.5, 0.6) is 0 Å². The van der Waals surface area contributed by atoms with Crippen LogP contribution in [0.15, 0.2) is 46.7 Å². The van der Waals surface area contributed by atoms with Gasteiger partial charge in [-0.1, -0.05) is 32.0 Å². The van der Waals surface area contributed by atoms with Gasteiger partial charge < -0.3 is 10.6 Å². The highest BCUT2D eigenvalue weighted by molar-refractivity contribution is 7.98. The second-order valence-corrected chi connectivity index (χ2v) is 7.62. The van der Waals surface area contributed by atoms with Gasteiger partial charge in [-0.25, -0.2) is 0 Å². The van der Waals surface area contributed by atoms with Crippen LogP contribution in [-0.2, 0) is 10.5 Å². The minimum atomic E-state index is -0.108. The molecule has 1 heterocycles. The van der Waals surface area contributed by atoms with Gasteiger partial charge in [0.15, 0.2) is 0 Å². The summed E-state index contributed by atoms with van der Waals surface area (Å²) in [5.74, 6) is 0.696. The average Bonchev–Trinajstić information content (AvgIpc) is 3.10. The van der Waals surface area contributed by atoms with Crippen LogP contribution in [0.4, 0.5) is 0 Å². The summed E-state index contributed by atoms with van der Waals surface area (Å²) in [6.07, 6.45) is 0. The number of hydrogen-bond donors (Lipinski definition) is 2. The van der Waals surface area contributed by atoms with E-state index in [2.05, 4.69) is 22.1 Å². The number of carbonyl (C=O) groups is 2. The zero-order valence-electron chi connectivity index (χ0n) is 13.9. The lowest BCUT2D eigenvalue weighted by Crippen LogP contribution is -2.36. The van der Waals surface area contributed by atoms with Gasteiger partial charge in [0.25, 0.3) is 5.91 Å². The van der Waals surface area contributed by atoms with Crippen LogP contribution in [0.3, 0.4) is 0 Å². The predicted octanol–water partition coefficient (Wildman–Crippen LogP) is 3.54. The van der Waals surface area contributed by atoms with E-state index in [-0.39, 0.29) is 17.7 Å². The fourth-order valence-electron chi connectivity index (χ4n) is 1.98. The predicted molar refractivity (Wildman–Crippen MR) is 101 cm³/mol. The van der Waals surface area contributed by atoms with Crippen molar-refractivity contribution in [3.05, 3.63) is 52.2 Å². The van der Waals surface area contributed by atoms with Gasteiger partial charge in [-0.05, 0) is 23.6 Å². The molecule has 0 atom stereocenters. The van der Waals surface area contributed by atoms with Gasteiger partial charge in [0.1, 0.15) is 0 Å². The molecular weight excluding hydrogens is 340 g/mol. The van der Waals surface area contributed by atoms with Gasteiger partial charge in [-0.2, -0.15) is 0 Å². The van der Waals surface area contributed by atoms with Crippen LogP contribution in [0.2, 0.25) is 0 Å². The summed E-state index contributed by atoms with van der Waals surface area (Å²) in [4.78, 5) is 26.1. The maximum absolute atomic E-state index is 12.4. The molecule has 2 N–H and O–H groups in total. The zero-order chi connectivity index (χ0) is 17.4. The van der Waals surface area contributed by atoms with E-state index in [1.165, 1.54) is 4.88 Å². The molecule has 0 aliphatic rings. The van der Waals surface area contributed by atoms with Gasteiger partial charge in [0.2, 0.25) is 5.91 Å². The first-order valence-electron chi connectivity index (χ1n) is 7.88. The highest BCUT2D eigenvalue weighted by Crippen LogP contribution is 2.27. The molecule has 128 valence electrons. The van der Waals surface area contributed by atoms with Crippen LogP contribution >= 0.6 is 23.1 Å². The van der Waals surface area contributed by atoms with Gasteiger partial charge in [-0.3, -0.25) is 9.59 Å². The van der Waals surface area contributed by atoms with Gasteiger partial charge in [0, 0.05) is 34.5 Å². The van der Waals surface area contributed by atoms with Crippen LogP contribution in [0.25, 0.3) is 0 Å². The number of hydrogen-bond acceptors (Lipinski definition) is 4. The molecule has 0 saturated heterocycles. The number of benzene rings is 1. The van der Waals surface area contributed by atoms with E-state index in [0.29, 0.717) is 18.7 Å². The fourth-order valence-corrected chi connectivity index (χ4v) is 3.81. The minimum absolute atomic E-state index is 0.00356. The second kappa shape index (κ2) is 9.49.